The Kier molecular flexibility index (Phi) is 3.47. The van der Waals surface area contributed by atoms with Gasteiger partial charge in [0.05, 0.1) is 0 Å². The summed E-state index contributed by atoms with van der Waals surface area (Å²) in [7, 11) is 0. The van der Waals surface area contributed by atoms with E-state index in [9.17, 15) is 0 Å². The van der Waals surface area contributed by atoms with Crippen LogP contribution < -0.4 is 0 Å². The summed E-state index contributed by atoms with van der Waals surface area (Å²) in [5.74, 6) is 0. The molecule has 0 saturated carbocycles. The second kappa shape index (κ2) is 5.05. The minimum atomic E-state index is 1.17. The summed E-state index contributed by atoms with van der Waals surface area (Å²) < 4.78 is 0. The normalized spacial score (nSPS) is 11.0. The zero-order valence-electron chi connectivity index (χ0n) is 11.0. The highest BCUT2D eigenvalue weighted by molar-refractivity contribution is 5.99. The van der Waals surface area contributed by atoms with Gasteiger partial charge in [0.1, 0.15) is 0 Å². The van der Waals surface area contributed by atoms with E-state index in [1.165, 1.54) is 33.0 Å². The zero-order valence-corrected chi connectivity index (χ0v) is 11.0. The van der Waals surface area contributed by atoms with Gasteiger partial charge in [-0.15, -0.1) is 0 Å². The summed E-state index contributed by atoms with van der Waals surface area (Å²) in [6, 6.07) is 8.49. The first kappa shape index (κ1) is 12.4. The minimum absolute atomic E-state index is 1.17. The molecule has 0 amide bonds. The smallest absolute Gasteiger partial charge is 0.0102 e. The van der Waals surface area contributed by atoms with Crippen molar-refractivity contribution in [1.82, 2.24) is 0 Å². The number of benzene rings is 2. The van der Waals surface area contributed by atoms with Crippen LogP contribution in [0.5, 0.6) is 0 Å². The van der Waals surface area contributed by atoms with E-state index in [4.69, 9.17) is 0 Å². The number of rotatable bonds is 3. The molecule has 0 aliphatic carbocycles. The van der Waals surface area contributed by atoms with Crippen molar-refractivity contribution in [3.63, 3.8) is 0 Å². The monoisotopic (exact) mass is 234 g/mol. The van der Waals surface area contributed by atoms with Gasteiger partial charge in [0.25, 0.3) is 0 Å². The molecule has 0 atom stereocenters. The topological polar surface area (TPSA) is 0 Å². The Morgan fingerprint density at radius 1 is 0.889 bits per heavy atom. The van der Waals surface area contributed by atoms with Crippen LogP contribution in [0.1, 0.15) is 29.2 Å². The maximum absolute atomic E-state index is 3.95. The van der Waals surface area contributed by atoms with Gasteiger partial charge in [-0.3, -0.25) is 0 Å². The van der Waals surface area contributed by atoms with Gasteiger partial charge in [0.15, 0.2) is 0 Å². The Morgan fingerprint density at radius 3 is 2.06 bits per heavy atom. The Morgan fingerprint density at radius 2 is 1.50 bits per heavy atom. The fourth-order valence-electron chi connectivity index (χ4n) is 2.51. The summed E-state index contributed by atoms with van der Waals surface area (Å²) in [5.41, 5.74) is 4.84. The summed E-state index contributed by atoms with van der Waals surface area (Å²) in [6.45, 7) is 12.1. The van der Waals surface area contributed by atoms with Crippen molar-refractivity contribution in [2.75, 3.05) is 0 Å². The predicted octanol–water partition coefficient (Wildman–Crippen LogP) is 5.47. The Hall–Kier alpha value is -2.08. The lowest BCUT2D eigenvalue weighted by Crippen LogP contribution is -1.94. The van der Waals surface area contributed by atoms with Crippen LogP contribution in [0.15, 0.2) is 43.5 Å². The molecular weight excluding hydrogens is 216 g/mol. The number of allylic oxidation sites excluding steroid dienone is 1. The van der Waals surface area contributed by atoms with Crippen LogP contribution in [-0.4, -0.2) is 0 Å². The van der Waals surface area contributed by atoms with Crippen LogP contribution in [-0.2, 0) is 0 Å². The molecule has 18 heavy (non-hydrogen) atoms. The van der Waals surface area contributed by atoms with Crippen molar-refractivity contribution in [1.29, 1.82) is 0 Å². The molecule has 0 heteroatoms. The third kappa shape index (κ3) is 1.80. The molecule has 0 heterocycles. The summed E-state index contributed by atoms with van der Waals surface area (Å²) in [6.07, 6.45) is 8.06. The largest absolute Gasteiger partial charge is 0.0984 e. The number of hydrogen-bond donors (Lipinski definition) is 0. The van der Waals surface area contributed by atoms with Crippen LogP contribution in [0.25, 0.3) is 29.0 Å². The summed E-state index contributed by atoms with van der Waals surface area (Å²) >= 11 is 0. The van der Waals surface area contributed by atoms with Crippen molar-refractivity contribution >= 4 is 29.0 Å². The van der Waals surface area contributed by atoms with Gasteiger partial charge in [0.2, 0.25) is 0 Å². The lowest BCUT2D eigenvalue weighted by atomic mass is 9.89. The minimum Gasteiger partial charge on any atom is -0.0984 e. The molecule has 0 aliphatic rings. The van der Waals surface area contributed by atoms with E-state index < -0.39 is 0 Å². The molecule has 2 aromatic carbocycles. The molecule has 0 N–H and O–H groups in total. The highest BCUT2D eigenvalue weighted by Crippen LogP contribution is 2.32. The average molecular weight is 234 g/mol. The van der Waals surface area contributed by atoms with Gasteiger partial charge < -0.3 is 0 Å². The van der Waals surface area contributed by atoms with Gasteiger partial charge in [-0.1, -0.05) is 61.7 Å². The molecule has 0 bridgehead atoms. The standard InChI is InChI=1S/C18H18/c1-5-10-17-15(7-3)14(6-2)13(4)16-11-8-9-12-18(16)17/h5-12H,2-3H2,1,4H3/b10-5-. The van der Waals surface area contributed by atoms with E-state index in [-0.39, 0.29) is 0 Å². The summed E-state index contributed by atoms with van der Waals surface area (Å²) in [4.78, 5) is 0. The average Bonchev–Trinajstić information content (AvgIpc) is 2.41. The van der Waals surface area contributed by atoms with Crippen molar-refractivity contribution in [2.45, 2.75) is 13.8 Å². The molecule has 0 unspecified atom stereocenters. The van der Waals surface area contributed by atoms with E-state index in [0.29, 0.717) is 0 Å². The van der Waals surface area contributed by atoms with Crippen LogP contribution in [0.3, 0.4) is 0 Å². The first-order chi connectivity index (χ1) is 8.74. The Balaban J connectivity index is 3.05. The van der Waals surface area contributed by atoms with Gasteiger partial charge in [-0.2, -0.15) is 0 Å². The highest BCUT2D eigenvalue weighted by Gasteiger charge is 2.11. The van der Waals surface area contributed by atoms with Crippen molar-refractivity contribution < 1.29 is 0 Å². The van der Waals surface area contributed by atoms with E-state index in [0.717, 1.165) is 0 Å². The first-order valence-electron chi connectivity index (χ1n) is 6.17. The second-order valence-corrected chi connectivity index (χ2v) is 4.32. The number of fused-ring (bicyclic) bond motifs is 1. The SMILES string of the molecule is C=Cc1c(C=C)c(/C=C\C)c2ccccc2c1C. The molecule has 90 valence electrons. The highest BCUT2D eigenvalue weighted by atomic mass is 14.1. The first-order valence-corrected chi connectivity index (χ1v) is 6.17. The lowest BCUT2D eigenvalue weighted by molar-refractivity contribution is 1.47. The molecule has 2 aromatic rings. The molecule has 0 fully saturated rings. The molecule has 0 aromatic heterocycles. The molecule has 2 rings (SSSR count). The summed E-state index contributed by atoms with van der Waals surface area (Å²) in [5, 5.41) is 2.56. The third-order valence-electron chi connectivity index (χ3n) is 3.35. The Bertz CT molecular complexity index is 643. The fraction of sp³-hybridized carbons (Fsp3) is 0.111. The molecule has 0 radical (unpaired) electrons. The van der Waals surface area contributed by atoms with Crippen LogP contribution >= 0.6 is 0 Å². The number of hydrogen-bond acceptors (Lipinski definition) is 0. The van der Waals surface area contributed by atoms with Crippen LogP contribution in [0.2, 0.25) is 0 Å². The van der Waals surface area contributed by atoms with Crippen LogP contribution in [0, 0.1) is 6.92 Å². The van der Waals surface area contributed by atoms with Crippen molar-refractivity contribution in [3.8, 4) is 0 Å². The molecule has 0 saturated heterocycles. The Labute approximate surface area is 109 Å². The van der Waals surface area contributed by atoms with Gasteiger partial charge in [-0.25, -0.2) is 0 Å². The van der Waals surface area contributed by atoms with Crippen molar-refractivity contribution in [3.05, 3.63) is 65.8 Å². The second-order valence-electron chi connectivity index (χ2n) is 4.32. The third-order valence-corrected chi connectivity index (χ3v) is 3.35. The van der Waals surface area contributed by atoms with Gasteiger partial charge in [-0.05, 0) is 46.9 Å². The maximum Gasteiger partial charge on any atom is -0.0102 e. The predicted molar refractivity (Wildman–Crippen MR) is 83.6 cm³/mol. The van der Waals surface area contributed by atoms with E-state index in [1.54, 1.807) is 0 Å². The maximum atomic E-state index is 3.95. The zero-order chi connectivity index (χ0) is 13.1. The van der Waals surface area contributed by atoms with E-state index in [2.05, 4.69) is 56.5 Å². The molecule has 0 nitrogen and oxygen atoms in total. The molecule has 0 aliphatic heterocycles. The van der Waals surface area contributed by atoms with Gasteiger partial charge in [0, 0.05) is 0 Å². The lowest BCUT2D eigenvalue weighted by Gasteiger charge is -2.15. The molecular formula is C18H18. The van der Waals surface area contributed by atoms with E-state index >= 15 is 0 Å². The van der Waals surface area contributed by atoms with Crippen molar-refractivity contribution in [2.24, 2.45) is 0 Å². The van der Waals surface area contributed by atoms with Crippen LogP contribution in [0.4, 0.5) is 0 Å². The quantitative estimate of drug-likeness (QED) is 0.660. The van der Waals surface area contributed by atoms with E-state index in [1.807, 2.05) is 19.1 Å². The number of aryl methyl sites for hydroxylation is 1. The molecule has 0 spiro atoms. The fourth-order valence-corrected chi connectivity index (χ4v) is 2.51. The van der Waals surface area contributed by atoms with Gasteiger partial charge >= 0.3 is 0 Å².